The van der Waals surface area contributed by atoms with Crippen LogP contribution >= 0.6 is 0 Å². The van der Waals surface area contributed by atoms with E-state index < -0.39 is 0 Å². The minimum absolute atomic E-state index is 0.552. The van der Waals surface area contributed by atoms with Crippen LogP contribution in [0.3, 0.4) is 0 Å². The molecule has 0 aliphatic heterocycles. The summed E-state index contributed by atoms with van der Waals surface area (Å²) in [4.78, 5) is 0. The number of rotatable bonds is 1. The van der Waals surface area contributed by atoms with E-state index in [-0.39, 0.29) is 0 Å². The van der Waals surface area contributed by atoms with Crippen molar-refractivity contribution in [1.82, 2.24) is 0 Å². The Morgan fingerprint density at radius 2 is 2.60 bits per heavy atom. The van der Waals surface area contributed by atoms with Crippen LogP contribution in [0.2, 0.25) is 0 Å². The largest absolute Gasteiger partial charge is 0.411 e. The van der Waals surface area contributed by atoms with Crippen LogP contribution in [-0.2, 0) is 0 Å². The molecule has 0 unspecified atom stereocenters. The van der Waals surface area contributed by atoms with E-state index in [1.165, 1.54) is 6.21 Å². The van der Waals surface area contributed by atoms with Gasteiger partial charge in [-0.3, -0.25) is 0 Å². The highest BCUT2D eigenvalue weighted by atomic mass is 16.4. The van der Waals surface area contributed by atoms with E-state index in [9.17, 15) is 0 Å². The molecule has 2 heteroatoms. The maximum absolute atomic E-state index is 7.60. The summed E-state index contributed by atoms with van der Waals surface area (Å²) in [6.07, 6.45) is 1.87. The lowest BCUT2D eigenvalue weighted by Crippen LogP contribution is -1.61. The Hall–Kier alpha value is -0.530. The summed E-state index contributed by atoms with van der Waals surface area (Å²) >= 11 is 0. The third-order valence-corrected chi connectivity index (χ3v) is 0.211. The van der Waals surface area contributed by atoms with Crippen LogP contribution in [0.5, 0.6) is 0 Å². The molecule has 29 valence electrons. The van der Waals surface area contributed by atoms with Crippen molar-refractivity contribution in [2.75, 3.05) is 0 Å². The Bertz CT molecular complexity index is 33.9. The smallest absolute Gasteiger partial charge is 0.0435 e. The molecule has 0 bridgehead atoms. The van der Waals surface area contributed by atoms with Crippen LogP contribution in [0.15, 0.2) is 5.16 Å². The van der Waals surface area contributed by atoms with Crippen LogP contribution < -0.4 is 0 Å². The quantitative estimate of drug-likeness (QED) is 0.275. The Kier molecular flexibility index (Phi) is 3.10. The predicted molar refractivity (Wildman–Crippen MR) is 20.3 cm³/mol. The van der Waals surface area contributed by atoms with Gasteiger partial charge in [-0.25, -0.2) is 0 Å². The molecule has 0 saturated carbocycles. The van der Waals surface area contributed by atoms with Gasteiger partial charge in [0.15, 0.2) is 0 Å². The van der Waals surface area contributed by atoms with Crippen molar-refractivity contribution in [2.24, 2.45) is 5.16 Å². The summed E-state index contributed by atoms with van der Waals surface area (Å²) in [6, 6.07) is 0. The van der Waals surface area contributed by atoms with Crippen LogP contribution in [0.4, 0.5) is 0 Å². The lowest BCUT2D eigenvalue weighted by atomic mass is 10.6. The maximum atomic E-state index is 7.60. The van der Waals surface area contributed by atoms with E-state index in [0.29, 0.717) is 6.42 Å². The molecular formula is C3H6NO. The Morgan fingerprint density at radius 3 is 2.60 bits per heavy atom. The zero-order valence-corrected chi connectivity index (χ0v) is 2.89. The Balaban J connectivity index is 2.62. The fourth-order valence-corrected chi connectivity index (χ4v) is 0.0577. The monoisotopic (exact) mass is 72.0 g/mol. The molecule has 0 fully saturated rings. The molecule has 2 nitrogen and oxygen atoms in total. The first-order valence-corrected chi connectivity index (χ1v) is 1.37. The molecule has 0 heterocycles. The molecule has 0 spiro atoms. The highest BCUT2D eigenvalue weighted by Gasteiger charge is 1.55. The van der Waals surface area contributed by atoms with Gasteiger partial charge in [0.2, 0.25) is 0 Å². The minimum Gasteiger partial charge on any atom is -0.411 e. The molecule has 0 aliphatic rings. The number of nitrogens with zero attached hydrogens (tertiary/aromatic N) is 1. The highest BCUT2D eigenvalue weighted by molar-refractivity contribution is 5.56. The van der Waals surface area contributed by atoms with E-state index in [4.69, 9.17) is 5.21 Å². The topological polar surface area (TPSA) is 32.6 Å². The van der Waals surface area contributed by atoms with Gasteiger partial charge < -0.3 is 5.21 Å². The second-order valence-electron chi connectivity index (χ2n) is 0.587. The van der Waals surface area contributed by atoms with Crippen molar-refractivity contribution in [2.45, 2.75) is 6.42 Å². The Labute approximate surface area is 31.1 Å². The molecule has 0 aromatic heterocycles. The van der Waals surface area contributed by atoms with Crippen molar-refractivity contribution in [3.63, 3.8) is 0 Å². The van der Waals surface area contributed by atoms with Gasteiger partial charge in [-0.05, 0) is 13.3 Å². The fraction of sp³-hybridized carbons (Fsp3) is 0.333. The van der Waals surface area contributed by atoms with Gasteiger partial charge in [0.1, 0.15) is 0 Å². The van der Waals surface area contributed by atoms with E-state index in [1.807, 2.05) is 0 Å². The second-order valence-corrected chi connectivity index (χ2v) is 0.587. The predicted octanol–water partition coefficient (Wildman–Crippen LogP) is 0.671. The van der Waals surface area contributed by atoms with Crippen molar-refractivity contribution in [3.8, 4) is 0 Å². The highest BCUT2D eigenvalue weighted by Crippen LogP contribution is 1.59. The standard InChI is InChI=1S/C3H6NO/c1-2-3-4-5/h3,5H,1-2H2. The fourth-order valence-electron chi connectivity index (χ4n) is 0.0577. The average molecular weight is 72.1 g/mol. The molecule has 0 atom stereocenters. The van der Waals surface area contributed by atoms with Gasteiger partial charge in [0.05, 0.1) is 0 Å². The lowest BCUT2D eigenvalue weighted by molar-refractivity contribution is 0.321. The number of hydrogen-bond donors (Lipinski definition) is 1. The number of hydrogen-bond acceptors (Lipinski definition) is 2. The molecule has 1 radical (unpaired) electrons. The normalized spacial score (nSPS) is 9.80. The van der Waals surface area contributed by atoms with Gasteiger partial charge in [0, 0.05) is 6.21 Å². The first-order valence-electron chi connectivity index (χ1n) is 1.37. The zero-order chi connectivity index (χ0) is 4.12. The van der Waals surface area contributed by atoms with Crippen LogP contribution in [0.1, 0.15) is 6.42 Å². The van der Waals surface area contributed by atoms with E-state index in [2.05, 4.69) is 12.1 Å². The third-order valence-electron chi connectivity index (χ3n) is 0.211. The third kappa shape index (κ3) is 3.47. The van der Waals surface area contributed by atoms with Crippen molar-refractivity contribution >= 4 is 6.21 Å². The molecular weight excluding hydrogens is 66.0 g/mol. The van der Waals surface area contributed by atoms with Gasteiger partial charge in [-0.15, -0.1) is 5.16 Å². The van der Waals surface area contributed by atoms with Crippen LogP contribution in [0.25, 0.3) is 0 Å². The van der Waals surface area contributed by atoms with Gasteiger partial charge in [-0.2, -0.15) is 0 Å². The first kappa shape index (κ1) is 4.47. The molecule has 0 aromatic carbocycles. The van der Waals surface area contributed by atoms with E-state index >= 15 is 0 Å². The molecule has 0 aliphatic carbocycles. The molecule has 1 N–H and O–H groups in total. The van der Waals surface area contributed by atoms with Crippen LogP contribution in [0, 0.1) is 6.92 Å². The van der Waals surface area contributed by atoms with Crippen LogP contribution in [-0.4, -0.2) is 11.4 Å². The SMILES string of the molecule is [CH2]CC=NO. The molecule has 0 rings (SSSR count). The summed E-state index contributed by atoms with van der Waals surface area (Å²) < 4.78 is 0. The van der Waals surface area contributed by atoms with E-state index in [0.717, 1.165) is 0 Å². The van der Waals surface area contributed by atoms with Crippen molar-refractivity contribution in [1.29, 1.82) is 0 Å². The summed E-state index contributed by atoms with van der Waals surface area (Å²) in [6.45, 7) is 3.37. The maximum Gasteiger partial charge on any atom is 0.0435 e. The lowest BCUT2D eigenvalue weighted by Gasteiger charge is -1.64. The summed E-state index contributed by atoms with van der Waals surface area (Å²) in [5, 5.41) is 10.3. The summed E-state index contributed by atoms with van der Waals surface area (Å²) in [7, 11) is 0. The first-order chi connectivity index (χ1) is 2.41. The summed E-state index contributed by atoms with van der Waals surface area (Å²) in [5.74, 6) is 0. The average Bonchev–Trinajstić information content (AvgIpc) is 1.41. The minimum atomic E-state index is 0.552. The Morgan fingerprint density at radius 1 is 2.00 bits per heavy atom. The van der Waals surface area contributed by atoms with Gasteiger partial charge in [-0.1, -0.05) is 0 Å². The summed E-state index contributed by atoms with van der Waals surface area (Å²) in [5.41, 5.74) is 0. The molecule has 0 saturated heterocycles. The van der Waals surface area contributed by atoms with Crippen molar-refractivity contribution < 1.29 is 5.21 Å². The van der Waals surface area contributed by atoms with Crippen molar-refractivity contribution in [3.05, 3.63) is 6.92 Å². The molecule has 0 aromatic rings. The zero-order valence-electron chi connectivity index (χ0n) is 2.89. The molecule has 5 heavy (non-hydrogen) atoms. The van der Waals surface area contributed by atoms with E-state index in [1.54, 1.807) is 0 Å². The number of oxime groups is 1. The second kappa shape index (κ2) is 3.47. The molecule has 0 amide bonds. The van der Waals surface area contributed by atoms with Gasteiger partial charge >= 0.3 is 0 Å². The van der Waals surface area contributed by atoms with Gasteiger partial charge in [0.25, 0.3) is 0 Å².